The van der Waals surface area contributed by atoms with Crippen molar-refractivity contribution in [2.45, 2.75) is 39.8 Å². The summed E-state index contributed by atoms with van der Waals surface area (Å²) in [5.74, 6) is 0. The summed E-state index contributed by atoms with van der Waals surface area (Å²) >= 11 is 0. The van der Waals surface area contributed by atoms with Gasteiger partial charge in [0, 0.05) is 36.2 Å². The smallest absolute Gasteiger partial charge is 0.0449 e. The van der Waals surface area contributed by atoms with E-state index in [0.29, 0.717) is 12.1 Å². The van der Waals surface area contributed by atoms with Gasteiger partial charge in [-0.1, -0.05) is 57.2 Å². The molecule has 2 atom stereocenters. The van der Waals surface area contributed by atoms with Gasteiger partial charge in [-0.2, -0.15) is 0 Å². The van der Waals surface area contributed by atoms with Crippen molar-refractivity contribution in [2.24, 2.45) is 5.41 Å². The lowest BCUT2D eigenvalue weighted by atomic mass is 9.84. The Bertz CT molecular complexity index is 621. The summed E-state index contributed by atoms with van der Waals surface area (Å²) in [5, 5.41) is 6.40. The molecule has 1 saturated heterocycles. The quantitative estimate of drug-likeness (QED) is 0.849. The van der Waals surface area contributed by atoms with E-state index in [1.807, 2.05) is 0 Å². The zero-order valence-electron chi connectivity index (χ0n) is 13.6. The minimum atomic E-state index is 0.281. The van der Waals surface area contributed by atoms with Crippen LogP contribution >= 0.6 is 0 Å². The Morgan fingerprint density at radius 2 is 1.76 bits per heavy atom. The van der Waals surface area contributed by atoms with Crippen molar-refractivity contribution in [1.29, 1.82) is 0 Å². The summed E-state index contributed by atoms with van der Waals surface area (Å²) in [7, 11) is 0. The number of nitrogens with one attached hydrogen (secondary N) is 1. The minimum absolute atomic E-state index is 0.281. The zero-order chi connectivity index (χ0) is 15.0. The second-order valence-corrected chi connectivity index (χ2v) is 7.33. The fraction of sp³-hybridized carbons (Fsp3) is 0.474. The van der Waals surface area contributed by atoms with E-state index in [1.54, 1.807) is 0 Å². The maximum Gasteiger partial charge on any atom is 0.0449 e. The maximum atomic E-state index is 3.71. The summed E-state index contributed by atoms with van der Waals surface area (Å²) in [5.41, 5.74) is 1.65. The average molecular weight is 282 g/mol. The highest BCUT2D eigenvalue weighted by atomic mass is 15.2. The number of hydrogen-bond donors (Lipinski definition) is 1. The van der Waals surface area contributed by atoms with Crippen LogP contribution in [-0.4, -0.2) is 25.2 Å². The number of nitrogens with zero attached hydrogens (tertiary/aromatic N) is 1. The molecule has 2 unspecified atom stereocenters. The van der Waals surface area contributed by atoms with Crippen molar-refractivity contribution >= 4 is 16.5 Å². The molecule has 3 rings (SSSR count). The lowest BCUT2D eigenvalue weighted by Crippen LogP contribution is -2.59. The van der Waals surface area contributed by atoms with Crippen LogP contribution in [0, 0.1) is 5.41 Å². The van der Waals surface area contributed by atoms with Crippen molar-refractivity contribution in [3.8, 4) is 0 Å². The molecule has 1 heterocycles. The van der Waals surface area contributed by atoms with Crippen LogP contribution in [0.1, 0.15) is 27.7 Å². The summed E-state index contributed by atoms with van der Waals surface area (Å²) in [4.78, 5) is 2.58. The fourth-order valence-electron chi connectivity index (χ4n) is 3.24. The van der Waals surface area contributed by atoms with Gasteiger partial charge in [0.05, 0.1) is 0 Å². The molecular formula is C19H26N2. The first kappa shape index (κ1) is 14.4. The molecule has 2 nitrogen and oxygen atoms in total. The van der Waals surface area contributed by atoms with Gasteiger partial charge in [0.25, 0.3) is 0 Å². The van der Waals surface area contributed by atoms with Gasteiger partial charge in [0.2, 0.25) is 0 Å². The first-order chi connectivity index (χ1) is 9.97. The van der Waals surface area contributed by atoms with Crippen LogP contribution in [0.5, 0.6) is 0 Å². The standard InChI is InChI=1S/C19H26N2/c1-14-12-20-18(19(2,3)4)13-21(14)17-11-7-9-15-8-5-6-10-16(15)17/h5-11,14,18,20H,12-13H2,1-4H3. The minimum Gasteiger partial charge on any atom is -0.365 e. The Hall–Kier alpha value is -1.54. The highest BCUT2D eigenvalue weighted by molar-refractivity contribution is 5.94. The topological polar surface area (TPSA) is 15.3 Å². The van der Waals surface area contributed by atoms with E-state index in [-0.39, 0.29) is 5.41 Å². The molecule has 0 radical (unpaired) electrons. The monoisotopic (exact) mass is 282 g/mol. The number of piperazine rings is 1. The maximum absolute atomic E-state index is 3.71. The summed E-state index contributed by atoms with van der Waals surface area (Å²) in [6.45, 7) is 11.4. The van der Waals surface area contributed by atoms with Gasteiger partial charge in [-0.3, -0.25) is 0 Å². The van der Waals surface area contributed by atoms with Gasteiger partial charge < -0.3 is 10.2 Å². The third-order valence-electron chi connectivity index (χ3n) is 4.69. The van der Waals surface area contributed by atoms with Crippen LogP contribution in [0.25, 0.3) is 10.8 Å². The Morgan fingerprint density at radius 3 is 2.52 bits per heavy atom. The van der Waals surface area contributed by atoms with E-state index < -0.39 is 0 Å². The van der Waals surface area contributed by atoms with Gasteiger partial charge in [0.15, 0.2) is 0 Å². The Labute approximate surface area is 128 Å². The highest BCUT2D eigenvalue weighted by Crippen LogP contribution is 2.31. The van der Waals surface area contributed by atoms with E-state index in [1.165, 1.54) is 16.5 Å². The summed E-state index contributed by atoms with van der Waals surface area (Å²) in [6, 6.07) is 16.4. The summed E-state index contributed by atoms with van der Waals surface area (Å²) < 4.78 is 0. The van der Waals surface area contributed by atoms with Crippen molar-refractivity contribution in [3.63, 3.8) is 0 Å². The lowest BCUT2D eigenvalue weighted by molar-refractivity contribution is 0.239. The molecule has 21 heavy (non-hydrogen) atoms. The van der Waals surface area contributed by atoms with Gasteiger partial charge in [0.1, 0.15) is 0 Å². The number of anilines is 1. The average Bonchev–Trinajstić information content (AvgIpc) is 2.46. The number of hydrogen-bond acceptors (Lipinski definition) is 2. The Morgan fingerprint density at radius 1 is 1.05 bits per heavy atom. The molecule has 0 aliphatic carbocycles. The summed E-state index contributed by atoms with van der Waals surface area (Å²) in [6.07, 6.45) is 0. The highest BCUT2D eigenvalue weighted by Gasteiger charge is 2.32. The molecule has 2 aromatic rings. The van der Waals surface area contributed by atoms with Crippen molar-refractivity contribution in [3.05, 3.63) is 42.5 Å². The predicted molar refractivity (Wildman–Crippen MR) is 92.0 cm³/mol. The molecule has 0 saturated carbocycles. The van der Waals surface area contributed by atoms with Crippen molar-refractivity contribution < 1.29 is 0 Å². The first-order valence-corrected chi connectivity index (χ1v) is 7.94. The number of benzene rings is 2. The van der Waals surface area contributed by atoms with Crippen LogP contribution < -0.4 is 10.2 Å². The normalized spacial score (nSPS) is 23.5. The third kappa shape index (κ3) is 2.77. The second-order valence-electron chi connectivity index (χ2n) is 7.33. The molecular weight excluding hydrogens is 256 g/mol. The fourth-order valence-corrected chi connectivity index (χ4v) is 3.24. The van der Waals surface area contributed by atoms with E-state index in [9.17, 15) is 0 Å². The number of rotatable bonds is 1. The van der Waals surface area contributed by atoms with Crippen molar-refractivity contribution in [2.75, 3.05) is 18.0 Å². The molecule has 112 valence electrons. The van der Waals surface area contributed by atoms with E-state index in [2.05, 4.69) is 80.4 Å². The Kier molecular flexibility index (Phi) is 3.66. The molecule has 0 bridgehead atoms. The van der Waals surface area contributed by atoms with E-state index in [4.69, 9.17) is 0 Å². The molecule has 0 spiro atoms. The van der Waals surface area contributed by atoms with Gasteiger partial charge >= 0.3 is 0 Å². The van der Waals surface area contributed by atoms with Crippen LogP contribution in [0.3, 0.4) is 0 Å². The molecule has 1 N–H and O–H groups in total. The predicted octanol–water partition coefficient (Wildman–Crippen LogP) is 4.05. The zero-order valence-corrected chi connectivity index (χ0v) is 13.6. The van der Waals surface area contributed by atoms with Gasteiger partial charge in [-0.05, 0) is 23.8 Å². The lowest BCUT2D eigenvalue weighted by Gasteiger charge is -2.45. The number of fused-ring (bicyclic) bond motifs is 1. The molecule has 0 amide bonds. The van der Waals surface area contributed by atoms with Crippen molar-refractivity contribution in [1.82, 2.24) is 5.32 Å². The third-order valence-corrected chi connectivity index (χ3v) is 4.69. The van der Waals surface area contributed by atoms with Crippen LogP contribution in [0.15, 0.2) is 42.5 Å². The van der Waals surface area contributed by atoms with E-state index >= 15 is 0 Å². The molecule has 1 fully saturated rings. The first-order valence-electron chi connectivity index (χ1n) is 7.94. The molecule has 1 aliphatic rings. The second kappa shape index (κ2) is 5.34. The van der Waals surface area contributed by atoms with Gasteiger partial charge in [-0.15, -0.1) is 0 Å². The SMILES string of the molecule is CC1CNC(C(C)(C)C)CN1c1cccc2ccccc12. The van der Waals surface area contributed by atoms with Crippen LogP contribution in [0.4, 0.5) is 5.69 Å². The van der Waals surface area contributed by atoms with Gasteiger partial charge in [-0.25, -0.2) is 0 Å². The van der Waals surface area contributed by atoms with Crippen LogP contribution in [0.2, 0.25) is 0 Å². The molecule has 0 aromatic heterocycles. The van der Waals surface area contributed by atoms with E-state index in [0.717, 1.165) is 13.1 Å². The molecule has 2 aromatic carbocycles. The largest absolute Gasteiger partial charge is 0.365 e. The Balaban J connectivity index is 2.00. The molecule has 1 aliphatic heterocycles. The molecule has 2 heteroatoms. The van der Waals surface area contributed by atoms with Crippen LogP contribution in [-0.2, 0) is 0 Å².